The summed E-state index contributed by atoms with van der Waals surface area (Å²) in [6.07, 6.45) is 15.7. The summed E-state index contributed by atoms with van der Waals surface area (Å²) in [7, 11) is 0. The average molecular weight is 500 g/mol. The first-order valence-electron chi connectivity index (χ1n) is 13.1. The van der Waals surface area contributed by atoms with Gasteiger partial charge in [0.25, 0.3) is 0 Å². The SMILES string of the molecule is CCC[C@H]1CC[C@H](c2ccc(-c3ccc([C@H]4CC[C@H](CCCBr)CC4)cc3)c(F)c2)CC1. The third-order valence-corrected chi connectivity index (χ3v) is 8.85. The quantitative estimate of drug-likeness (QED) is 0.317. The standard InChI is InChI=1S/C30H40BrF/c1-2-4-22-6-12-26(13-7-22)28-18-19-29(30(32)21-28)27-16-14-25(15-17-27)24-10-8-23(9-11-24)5-3-20-31/h14-19,21-24,26H,2-13,20H2,1H3/t22-,23-,24-,26-. The molecular weight excluding hydrogens is 459 g/mol. The van der Waals surface area contributed by atoms with E-state index in [9.17, 15) is 0 Å². The van der Waals surface area contributed by atoms with E-state index in [0.29, 0.717) is 11.8 Å². The van der Waals surface area contributed by atoms with E-state index in [-0.39, 0.29) is 5.82 Å². The van der Waals surface area contributed by atoms with Crippen LogP contribution in [0.5, 0.6) is 0 Å². The van der Waals surface area contributed by atoms with Crippen molar-refractivity contribution >= 4 is 15.9 Å². The molecule has 174 valence electrons. The lowest BCUT2D eigenvalue weighted by Gasteiger charge is -2.29. The molecule has 32 heavy (non-hydrogen) atoms. The van der Waals surface area contributed by atoms with Crippen LogP contribution in [0, 0.1) is 17.7 Å². The Morgan fingerprint density at radius 1 is 0.750 bits per heavy atom. The normalized spacial score (nSPS) is 26.2. The molecule has 0 amide bonds. The molecule has 4 rings (SSSR count). The van der Waals surface area contributed by atoms with Gasteiger partial charge in [0, 0.05) is 10.9 Å². The highest BCUT2D eigenvalue weighted by Crippen LogP contribution is 2.40. The summed E-state index contributed by atoms with van der Waals surface area (Å²) < 4.78 is 15.1. The Morgan fingerprint density at radius 2 is 1.31 bits per heavy atom. The lowest BCUT2D eigenvalue weighted by Crippen LogP contribution is -2.13. The summed E-state index contributed by atoms with van der Waals surface area (Å²) in [6.45, 7) is 2.28. The minimum atomic E-state index is -0.0572. The Morgan fingerprint density at radius 3 is 1.88 bits per heavy atom. The average Bonchev–Trinajstić information content (AvgIpc) is 2.84. The van der Waals surface area contributed by atoms with Crippen LogP contribution in [-0.2, 0) is 0 Å². The van der Waals surface area contributed by atoms with E-state index in [4.69, 9.17) is 0 Å². The second-order valence-corrected chi connectivity index (χ2v) is 11.2. The van der Waals surface area contributed by atoms with Gasteiger partial charge in [-0.15, -0.1) is 0 Å². The van der Waals surface area contributed by atoms with Gasteiger partial charge in [0.15, 0.2) is 0 Å². The molecule has 2 aliphatic carbocycles. The Labute approximate surface area is 203 Å². The Kier molecular flexibility index (Phi) is 8.86. The second kappa shape index (κ2) is 11.8. The predicted molar refractivity (Wildman–Crippen MR) is 139 cm³/mol. The van der Waals surface area contributed by atoms with Gasteiger partial charge in [-0.1, -0.05) is 72.1 Å². The van der Waals surface area contributed by atoms with Crippen molar-refractivity contribution in [2.45, 2.75) is 95.8 Å². The van der Waals surface area contributed by atoms with E-state index in [1.165, 1.54) is 88.2 Å². The number of rotatable bonds is 8. The van der Waals surface area contributed by atoms with Crippen LogP contribution in [-0.4, -0.2) is 5.33 Å². The highest BCUT2D eigenvalue weighted by atomic mass is 79.9. The molecule has 0 aliphatic heterocycles. The maximum absolute atomic E-state index is 15.1. The summed E-state index contributed by atoms with van der Waals surface area (Å²) in [4.78, 5) is 0. The van der Waals surface area contributed by atoms with E-state index in [1.807, 2.05) is 12.1 Å². The van der Waals surface area contributed by atoms with Crippen molar-refractivity contribution < 1.29 is 4.39 Å². The minimum Gasteiger partial charge on any atom is -0.206 e. The van der Waals surface area contributed by atoms with Crippen molar-refractivity contribution in [1.82, 2.24) is 0 Å². The van der Waals surface area contributed by atoms with Crippen molar-refractivity contribution in [2.24, 2.45) is 11.8 Å². The molecule has 2 aromatic carbocycles. The van der Waals surface area contributed by atoms with Crippen molar-refractivity contribution in [3.63, 3.8) is 0 Å². The molecule has 0 saturated heterocycles. The van der Waals surface area contributed by atoms with E-state index >= 15 is 4.39 Å². The van der Waals surface area contributed by atoms with Crippen molar-refractivity contribution in [2.75, 3.05) is 5.33 Å². The smallest absolute Gasteiger partial charge is 0.131 e. The van der Waals surface area contributed by atoms with Crippen LogP contribution in [0.3, 0.4) is 0 Å². The van der Waals surface area contributed by atoms with Crippen LogP contribution < -0.4 is 0 Å². The largest absolute Gasteiger partial charge is 0.206 e. The van der Waals surface area contributed by atoms with Gasteiger partial charge in [-0.25, -0.2) is 4.39 Å². The third-order valence-electron chi connectivity index (χ3n) is 8.29. The molecule has 0 aromatic heterocycles. The van der Waals surface area contributed by atoms with E-state index in [2.05, 4.69) is 53.2 Å². The fraction of sp³-hybridized carbons (Fsp3) is 0.600. The van der Waals surface area contributed by atoms with Crippen LogP contribution in [0.15, 0.2) is 42.5 Å². The summed E-state index contributed by atoms with van der Waals surface area (Å²) in [5, 5.41) is 1.13. The van der Waals surface area contributed by atoms with Crippen LogP contribution in [0.1, 0.15) is 107 Å². The summed E-state index contributed by atoms with van der Waals surface area (Å²) in [6, 6.07) is 14.8. The maximum Gasteiger partial charge on any atom is 0.131 e. The number of alkyl halides is 1. The van der Waals surface area contributed by atoms with Gasteiger partial charge in [0.1, 0.15) is 5.82 Å². The van der Waals surface area contributed by atoms with E-state index < -0.39 is 0 Å². The van der Waals surface area contributed by atoms with Crippen molar-refractivity contribution in [3.05, 3.63) is 59.4 Å². The zero-order chi connectivity index (χ0) is 22.3. The Hall–Kier alpha value is -1.15. The van der Waals surface area contributed by atoms with Gasteiger partial charge in [0.2, 0.25) is 0 Å². The van der Waals surface area contributed by atoms with E-state index in [1.54, 1.807) is 0 Å². The van der Waals surface area contributed by atoms with Gasteiger partial charge in [-0.05, 0) is 111 Å². The molecule has 0 atom stereocenters. The molecule has 2 fully saturated rings. The molecule has 2 heteroatoms. The zero-order valence-corrected chi connectivity index (χ0v) is 21.4. The van der Waals surface area contributed by atoms with Gasteiger partial charge >= 0.3 is 0 Å². The number of hydrogen-bond acceptors (Lipinski definition) is 0. The Balaban J connectivity index is 1.36. The monoisotopic (exact) mass is 498 g/mol. The molecule has 2 saturated carbocycles. The summed E-state index contributed by atoms with van der Waals surface area (Å²) in [5.74, 6) is 2.97. The third kappa shape index (κ3) is 6.04. The van der Waals surface area contributed by atoms with Gasteiger partial charge in [-0.3, -0.25) is 0 Å². The Bertz CT molecular complexity index is 826. The fourth-order valence-electron chi connectivity index (χ4n) is 6.30. The molecule has 2 aliphatic rings. The summed E-state index contributed by atoms with van der Waals surface area (Å²) >= 11 is 3.56. The summed E-state index contributed by atoms with van der Waals surface area (Å²) in [5.41, 5.74) is 4.40. The van der Waals surface area contributed by atoms with Crippen molar-refractivity contribution in [3.8, 4) is 11.1 Å². The molecule has 0 N–H and O–H groups in total. The molecule has 0 bridgehead atoms. The van der Waals surface area contributed by atoms with Crippen LogP contribution in [0.4, 0.5) is 4.39 Å². The van der Waals surface area contributed by atoms with Gasteiger partial charge in [0.05, 0.1) is 0 Å². The lowest BCUT2D eigenvalue weighted by atomic mass is 9.77. The zero-order valence-electron chi connectivity index (χ0n) is 19.8. The topological polar surface area (TPSA) is 0 Å². The molecule has 0 spiro atoms. The number of hydrogen-bond donors (Lipinski definition) is 0. The molecule has 0 radical (unpaired) electrons. The lowest BCUT2D eigenvalue weighted by molar-refractivity contribution is 0.308. The second-order valence-electron chi connectivity index (χ2n) is 10.4. The van der Waals surface area contributed by atoms with Crippen LogP contribution in [0.25, 0.3) is 11.1 Å². The van der Waals surface area contributed by atoms with Crippen LogP contribution >= 0.6 is 15.9 Å². The predicted octanol–water partition coefficient (Wildman–Crippen LogP) is 10.0. The molecule has 0 heterocycles. The molecule has 2 aromatic rings. The minimum absolute atomic E-state index is 0.0572. The van der Waals surface area contributed by atoms with Gasteiger partial charge in [-0.2, -0.15) is 0 Å². The fourth-order valence-corrected chi connectivity index (χ4v) is 6.62. The number of benzene rings is 2. The highest BCUT2D eigenvalue weighted by Gasteiger charge is 2.24. The van der Waals surface area contributed by atoms with Crippen molar-refractivity contribution in [1.29, 1.82) is 0 Å². The van der Waals surface area contributed by atoms with E-state index in [0.717, 1.165) is 28.3 Å². The maximum atomic E-state index is 15.1. The molecular formula is C30H40BrF. The van der Waals surface area contributed by atoms with Crippen LogP contribution in [0.2, 0.25) is 0 Å². The number of halogens is 2. The first-order chi connectivity index (χ1) is 15.7. The highest BCUT2D eigenvalue weighted by molar-refractivity contribution is 9.09. The van der Waals surface area contributed by atoms with Gasteiger partial charge < -0.3 is 0 Å². The first-order valence-corrected chi connectivity index (χ1v) is 14.3. The molecule has 0 nitrogen and oxygen atoms in total. The molecule has 0 unspecified atom stereocenters. The first kappa shape index (κ1) is 24.0.